The molecule has 80 valence electrons. The summed E-state index contributed by atoms with van der Waals surface area (Å²) in [4.78, 5) is 0. The number of hydrogen-bond acceptors (Lipinski definition) is 3. The fraction of sp³-hybridized carbons (Fsp3) is 1.00. The molecule has 0 aliphatic rings. The van der Waals surface area contributed by atoms with Crippen molar-refractivity contribution >= 4 is 18.1 Å². The maximum absolute atomic E-state index is 11.5. The molecular weight excluding hydrogens is 205 g/mol. The zero-order chi connectivity index (χ0) is 10.2. The van der Waals surface area contributed by atoms with Crippen LogP contribution in [0.15, 0.2) is 0 Å². The molecule has 1 atom stereocenters. The van der Waals surface area contributed by atoms with Gasteiger partial charge in [-0.05, 0) is 12.8 Å². The highest BCUT2D eigenvalue weighted by Crippen LogP contribution is 2.52. The second-order valence-corrected chi connectivity index (χ2v) is 7.22. The fourth-order valence-electron chi connectivity index (χ4n) is 0.710. The molecule has 0 aliphatic carbocycles. The Bertz CT molecular complexity index is 152. The molecule has 1 unspecified atom stereocenters. The van der Waals surface area contributed by atoms with Crippen molar-refractivity contribution in [1.29, 1.82) is 0 Å². The van der Waals surface area contributed by atoms with E-state index in [4.69, 9.17) is 10.0 Å². The molecule has 3 nitrogen and oxygen atoms in total. The Morgan fingerprint density at radius 2 is 1.92 bits per heavy atom. The summed E-state index contributed by atoms with van der Waals surface area (Å²) in [7, 11) is 0. The Morgan fingerprint density at radius 3 is 2.46 bits per heavy atom. The lowest BCUT2D eigenvalue weighted by atomic mass is 10.4. The van der Waals surface area contributed by atoms with Gasteiger partial charge in [0.25, 0.3) is 0 Å². The van der Waals surface area contributed by atoms with Gasteiger partial charge < -0.3 is 4.52 Å². The number of nitrogens with two attached hydrogens (primary N) is 1. The standard InChI is InChI=1S/C8H20NO2PS/c1-3-5-7-11-12(9,10)13-8-6-4-2/h3-8H2,1-2H3,(H2,9,10). The molecule has 0 bridgehead atoms. The minimum Gasteiger partial charge on any atom is -0.310 e. The Balaban J connectivity index is 3.49. The third-order valence-corrected chi connectivity index (χ3v) is 4.86. The van der Waals surface area contributed by atoms with Crippen LogP contribution in [-0.2, 0) is 9.09 Å². The van der Waals surface area contributed by atoms with Gasteiger partial charge in [0.2, 0.25) is 0 Å². The first kappa shape index (κ1) is 13.5. The molecule has 0 aliphatic heterocycles. The van der Waals surface area contributed by atoms with Gasteiger partial charge in [0.05, 0.1) is 6.61 Å². The maximum atomic E-state index is 11.5. The SMILES string of the molecule is CCCCOP(N)(=O)SCCCC. The van der Waals surface area contributed by atoms with Crippen LogP contribution in [0.2, 0.25) is 0 Å². The summed E-state index contributed by atoms with van der Waals surface area (Å²) in [6.07, 6.45) is 4.11. The molecule has 0 aromatic rings. The van der Waals surface area contributed by atoms with Crippen LogP contribution in [-0.4, -0.2) is 12.4 Å². The molecule has 0 rings (SSSR count). The van der Waals surface area contributed by atoms with Gasteiger partial charge in [-0.25, -0.2) is 0 Å². The van der Waals surface area contributed by atoms with Crippen LogP contribution in [0.3, 0.4) is 0 Å². The van der Waals surface area contributed by atoms with Gasteiger partial charge in [0.1, 0.15) is 0 Å². The second-order valence-electron chi connectivity index (χ2n) is 2.91. The molecule has 5 heteroatoms. The zero-order valence-electron chi connectivity index (χ0n) is 8.49. The Hall–Kier alpha value is 0.500. The number of unbranched alkanes of at least 4 members (excludes halogenated alkanes) is 2. The van der Waals surface area contributed by atoms with E-state index in [1.807, 2.05) is 0 Å². The van der Waals surface area contributed by atoms with Gasteiger partial charge in [-0.15, -0.1) is 0 Å². The Morgan fingerprint density at radius 1 is 1.31 bits per heavy atom. The smallest absolute Gasteiger partial charge is 0.310 e. The zero-order valence-corrected chi connectivity index (χ0v) is 10.2. The van der Waals surface area contributed by atoms with Crippen molar-refractivity contribution < 1.29 is 9.09 Å². The Labute approximate surface area is 85.1 Å². The van der Waals surface area contributed by atoms with E-state index in [1.165, 1.54) is 11.4 Å². The summed E-state index contributed by atoms with van der Waals surface area (Å²) >= 11 is 1.26. The highest BCUT2D eigenvalue weighted by atomic mass is 32.7. The fourth-order valence-corrected chi connectivity index (χ4v) is 3.44. The quantitative estimate of drug-likeness (QED) is 0.508. The van der Waals surface area contributed by atoms with E-state index in [0.717, 1.165) is 31.4 Å². The molecule has 13 heavy (non-hydrogen) atoms. The molecule has 2 N–H and O–H groups in total. The van der Waals surface area contributed by atoms with E-state index in [9.17, 15) is 4.57 Å². The van der Waals surface area contributed by atoms with Crippen LogP contribution in [0.5, 0.6) is 0 Å². The van der Waals surface area contributed by atoms with Crippen molar-refractivity contribution in [2.75, 3.05) is 12.4 Å². The largest absolute Gasteiger partial charge is 0.323 e. The minimum atomic E-state index is -2.84. The molecule has 0 saturated carbocycles. The topological polar surface area (TPSA) is 52.3 Å². The molecular formula is C8H20NO2PS. The first-order valence-corrected chi connectivity index (χ1v) is 8.08. The van der Waals surface area contributed by atoms with E-state index in [-0.39, 0.29) is 0 Å². The third kappa shape index (κ3) is 8.82. The van der Waals surface area contributed by atoms with Gasteiger partial charge >= 0.3 is 6.72 Å². The van der Waals surface area contributed by atoms with Gasteiger partial charge in [0.15, 0.2) is 0 Å². The lowest BCUT2D eigenvalue weighted by Crippen LogP contribution is -1.98. The van der Waals surface area contributed by atoms with Crippen molar-refractivity contribution in [3.8, 4) is 0 Å². The molecule has 0 aromatic heterocycles. The van der Waals surface area contributed by atoms with Crippen molar-refractivity contribution in [2.24, 2.45) is 5.50 Å². The van der Waals surface area contributed by atoms with E-state index < -0.39 is 6.72 Å². The first-order valence-electron chi connectivity index (χ1n) is 4.80. The lowest BCUT2D eigenvalue weighted by molar-refractivity contribution is 0.317. The molecule has 0 aromatic carbocycles. The Kier molecular flexibility index (Phi) is 8.17. The molecule has 0 spiro atoms. The van der Waals surface area contributed by atoms with Crippen LogP contribution in [0, 0.1) is 0 Å². The number of rotatable bonds is 8. The highest BCUT2D eigenvalue weighted by molar-refractivity contribution is 8.55. The van der Waals surface area contributed by atoms with E-state index in [2.05, 4.69) is 13.8 Å². The van der Waals surface area contributed by atoms with Crippen LogP contribution in [0.1, 0.15) is 39.5 Å². The third-order valence-electron chi connectivity index (χ3n) is 1.54. The van der Waals surface area contributed by atoms with Gasteiger partial charge in [-0.3, -0.25) is 10.1 Å². The van der Waals surface area contributed by atoms with E-state index in [0.29, 0.717) is 6.61 Å². The van der Waals surface area contributed by atoms with Crippen molar-refractivity contribution in [2.45, 2.75) is 39.5 Å². The maximum Gasteiger partial charge on any atom is 0.323 e. The minimum absolute atomic E-state index is 0.517. The predicted molar refractivity (Wildman–Crippen MR) is 60.0 cm³/mol. The highest BCUT2D eigenvalue weighted by Gasteiger charge is 2.16. The molecule has 0 fully saturated rings. The monoisotopic (exact) mass is 225 g/mol. The summed E-state index contributed by atoms with van der Waals surface area (Å²) in [6.45, 7) is 1.84. The summed E-state index contributed by atoms with van der Waals surface area (Å²) in [5, 5.41) is 0. The second kappa shape index (κ2) is 7.86. The lowest BCUT2D eigenvalue weighted by Gasteiger charge is -2.11. The predicted octanol–water partition coefficient (Wildman–Crippen LogP) is 3.40. The molecule has 0 amide bonds. The average Bonchev–Trinajstić information content (AvgIpc) is 2.05. The van der Waals surface area contributed by atoms with Gasteiger partial charge in [-0.2, -0.15) is 0 Å². The average molecular weight is 225 g/mol. The molecule has 0 saturated heterocycles. The van der Waals surface area contributed by atoms with Crippen LogP contribution in [0.25, 0.3) is 0 Å². The summed E-state index contributed by atoms with van der Waals surface area (Å²) < 4.78 is 16.6. The molecule has 0 radical (unpaired) electrons. The number of hydrogen-bond donors (Lipinski definition) is 1. The normalized spacial score (nSPS) is 15.6. The van der Waals surface area contributed by atoms with Crippen molar-refractivity contribution in [3.05, 3.63) is 0 Å². The van der Waals surface area contributed by atoms with Gasteiger partial charge in [-0.1, -0.05) is 38.1 Å². The van der Waals surface area contributed by atoms with Crippen LogP contribution in [0.4, 0.5) is 0 Å². The molecule has 0 heterocycles. The van der Waals surface area contributed by atoms with Crippen molar-refractivity contribution in [1.82, 2.24) is 0 Å². The summed E-state index contributed by atoms with van der Waals surface area (Å²) in [5.74, 6) is 0.830. The first-order chi connectivity index (χ1) is 6.12. The van der Waals surface area contributed by atoms with E-state index >= 15 is 0 Å². The van der Waals surface area contributed by atoms with Crippen LogP contribution >= 0.6 is 18.1 Å². The summed E-state index contributed by atoms with van der Waals surface area (Å²) in [6, 6.07) is 0. The van der Waals surface area contributed by atoms with Crippen molar-refractivity contribution in [3.63, 3.8) is 0 Å². The summed E-state index contributed by atoms with van der Waals surface area (Å²) in [5.41, 5.74) is 5.49. The van der Waals surface area contributed by atoms with Gasteiger partial charge in [0, 0.05) is 5.75 Å². The van der Waals surface area contributed by atoms with E-state index in [1.54, 1.807) is 0 Å². The van der Waals surface area contributed by atoms with Crippen LogP contribution < -0.4 is 5.50 Å².